The van der Waals surface area contributed by atoms with Gasteiger partial charge in [-0.05, 0) is 24.1 Å². The maximum absolute atomic E-state index is 11.6. The Bertz CT molecular complexity index is 644. The van der Waals surface area contributed by atoms with Gasteiger partial charge in [0, 0.05) is 12.1 Å². The summed E-state index contributed by atoms with van der Waals surface area (Å²) in [5.41, 5.74) is 0.794. The van der Waals surface area contributed by atoms with Crippen molar-refractivity contribution >= 4 is 17.0 Å². The van der Waals surface area contributed by atoms with E-state index in [1.165, 1.54) is 24.3 Å². The fourth-order valence-electron chi connectivity index (χ4n) is 1.66. The molecule has 2 rings (SSSR count). The Kier molecular flexibility index (Phi) is 4.61. The number of aromatic nitrogens is 1. The van der Waals surface area contributed by atoms with E-state index in [4.69, 9.17) is 9.39 Å². The molecule has 2 aromatic rings. The van der Waals surface area contributed by atoms with Gasteiger partial charge < -0.3 is 19.6 Å². The molecule has 0 saturated heterocycles. The van der Waals surface area contributed by atoms with E-state index in [1.807, 2.05) is 0 Å². The van der Waals surface area contributed by atoms with E-state index in [0.29, 0.717) is 11.2 Å². The summed E-state index contributed by atoms with van der Waals surface area (Å²) in [6.45, 7) is 0. The van der Waals surface area contributed by atoms with E-state index >= 15 is 0 Å². The molecule has 112 valence electrons. The zero-order valence-electron chi connectivity index (χ0n) is 10.8. The fourth-order valence-corrected chi connectivity index (χ4v) is 2.03. The van der Waals surface area contributed by atoms with Gasteiger partial charge >= 0.3 is 5.97 Å². The molecule has 8 heteroatoms. The molecule has 0 fully saturated rings. The number of aryl methyl sites for hydroxylation is 1. The Morgan fingerprint density at radius 1 is 1.10 bits per heavy atom. The number of hydrogen-bond donors (Lipinski definition) is 3. The predicted molar refractivity (Wildman–Crippen MR) is 73.1 cm³/mol. The fraction of sp³-hybridized carbons (Fsp3) is 0.154. The van der Waals surface area contributed by atoms with Crippen molar-refractivity contribution in [1.82, 2.24) is 4.73 Å². The molecule has 3 N–H and O–H groups in total. The SMILES string of the molecule is O=C(CCc1ccc(S(=O)O)cc1)On1c(O)ccc1O. The van der Waals surface area contributed by atoms with E-state index in [1.54, 1.807) is 12.1 Å². The van der Waals surface area contributed by atoms with E-state index in [0.717, 1.165) is 5.56 Å². The summed E-state index contributed by atoms with van der Waals surface area (Å²) in [5.74, 6) is -1.39. The van der Waals surface area contributed by atoms with Crippen LogP contribution in [-0.4, -0.2) is 29.7 Å². The molecule has 0 aliphatic rings. The Morgan fingerprint density at radius 3 is 2.19 bits per heavy atom. The monoisotopic (exact) mass is 311 g/mol. The highest BCUT2D eigenvalue weighted by molar-refractivity contribution is 7.79. The Morgan fingerprint density at radius 2 is 1.67 bits per heavy atom. The zero-order chi connectivity index (χ0) is 15.4. The van der Waals surface area contributed by atoms with Gasteiger partial charge in [0.25, 0.3) is 0 Å². The lowest BCUT2D eigenvalue weighted by Crippen LogP contribution is -2.19. The molecule has 21 heavy (non-hydrogen) atoms. The number of benzene rings is 1. The normalized spacial score (nSPS) is 12.0. The topological polar surface area (TPSA) is 109 Å². The third kappa shape index (κ3) is 3.83. The molecule has 0 saturated carbocycles. The van der Waals surface area contributed by atoms with E-state index in [9.17, 15) is 19.2 Å². The third-order valence-corrected chi connectivity index (χ3v) is 3.41. The molecule has 0 bridgehead atoms. The molecular formula is C13H13NO6S. The van der Waals surface area contributed by atoms with Gasteiger partial charge in [-0.25, -0.2) is 9.00 Å². The maximum atomic E-state index is 11.6. The van der Waals surface area contributed by atoms with Crippen LogP contribution in [0.1, 0.15) is 12.0 Å². The van der Waals surface area contributed by atoms with Crippen LogP contribution in [0.5, 0.6) is 11.8 Å². The lowest BCUT2D eigenvalue weighted by molar-refractivity contribution is -0.145. The van der Waals surface area contributed by atoms with E-state index in [2.05, 4.69) is 0 Å². The van der Waals surface area contributed by atoms with Crippen LogP contribution in [0.3, 0.4) is 0 Å². The van der Waals surface area contributed by atoms with Gasteiger partial charge in [0.2, 0.25) is 11.8 Å². The summed E-state index contributed by atoms with van der Waals surface area (Å²) in [4.78, 5) is 16.7. The third-order valence-electron chi connectivity index (χ3n) is 2.73. The first kappa shape index (κ1) is 15.1. The molecule has 7 nitrogen and oxygen atoms in total. The largest absolute Gasteiger partial charge is 0.492 e. The highest BCUT2D eigenvalue weighted by Crippen LogP contribution is 2.19. The van der Waals surface area contributed by atoms with Gasteiger partial charge in [-0.2, -0.15) is 0 Å². The highest BCUT2D eigenvalue weighted by atomic mass is 32.2. The average molecular weight is 311 g/mol. The van der Waals surface area contributed by atoms with Crippen molar-refractivity contribution in [1.29, 1.82) is 0 Å². The molecule has 0 amide bonds. The molecule has 1 atom stereocenters. The molecular weight excluding hydrogens is 298 g/mol. The quantitative estimate of drug-likeness (QED) is 0.713. The van der Waals surface area contributed by atoms with Crippen molar-refractivity contribution in [2.24, 2.45) is 0 Å². The smallest absolute Gasteiger partial charge is 0.333 e. The standard InChI is InChI=1S/C13H13NO6S/c15-11-6-7-12(16)14(11)20-13(17)8-3-9-1-4-10(5-2-9)21(18)19/h1-2,4-7,15-16H,3,8H2,(H,18,19). The van der Waals surface area contributed by atoms with Gasteiger partial charge in [-0.15, -0.1) is 4.73 Å². The van der Waals surface area contributed by atoms with Gasteiger partial charge in [0.15, 0.2) is 11.1 Å². The molecule has 0 spiro atoms. The zero-order valence-corrected chi connectivity index (χ0v) is 11.6. The molecule has 1 unspecified atom stereocenters. The molecule has 0 aliphatic heterocycles. The van der Waals surface area contributed by atoms with Crippen molar-refractivity contribution in [2.75, 3.05) is 0 Å². The second kappa shape index (κ2) is 6.42. The van der Waals surface area contributed by atoms with Crippen molar-refractivity contribution in [3.05, 3.63) is 42.0 Å². The van der Waals surface area contributed by atoms with Gasteiger partial charge in [0.1, 0.15) is 0 Å². The van der Waals surface area contributed by atoms with Crippen LogP contribution in [0.4, 0.5) is 0 Å². The number of rotatable bonds is 5. The number of nitrogens with zero attached hydrogens (tertiary/aromatic N) is 1. The second-order valence-corrected chi connectivity index (χ2v) is 5.17. The van der Waals surface area contributed by atoms with Gasteiger partial charge in [-0.1, -0.05) is 12.1 Å². The first-order valence-corrected chi connectivity index (χ1v) is 7.08. The Labute approximate surface area is 122 Å². The van der Waals surface area contributed by atoms with Gasteiger partial charge in [-0.3, -0.25) is 0 Å². The van der Waals surface area contributed by atoms with Crippen molar-refractivity contribution in [3.63, 3.8) is 0 Å². The molecule has 0 aliphatic carbocycles. The Balaban J connectivity index is 1.91. The van der Waals surface area contributed by atoms with Crippen molar-refractivity contribution < 1.29 is 28.6 Å². The van der Waals surface area contributed by atoms with Crippen LogP contribution < -0.4 is 4.84 Å². The average Bonchev–Trinajstić information content (AvgIpc) is 2.77. The summed E-state index contributed by atoms with van der Waals surface area (Å²) < 4.78 is 20.3. The van der Waals surface area contributed by atoms with Crippen LogP contribution in [0.15, 0.2) is 41.3 Å². The van der Waals surface area contributed by atoms with Crippen molar-refractivity contribution in [2.45, 2.75) is 17.7 Å². The van der Waals surface area contributed by atoms with E-state index < -0.39 is 17.0 Å². The minimum Gasteiger partial charge on any atom is -0.492 e. The van der Waals surface area contributed by atoms with Crippen LogP contribution >= 0.6 is 0 Å². The molecule has 1 aromatic heterocycles. The first-order chi connectivity index (χ1) is 9.97. The van der Waals surface area contributed by atoms with Crippen LogP contribution in [0.2, 0.25) is 0 Å². The summed E-state index contributed by atoms with van der Waals surface area (Å²) in [6, 6.07) is 8.66. The summed E-state index contributed by atoms with van der Waals surface area (Å²) in [5, 5.41) is 18.6. The van der Waals surface area contributed by atoms with E-state index in [-0.39, 0.29) is 23.1 Å². The van der Waals surface area contributed by atoms with Crippen molar-refractivity contribution in [3.8, 4) is 11.8 Å². The highest BCUT2D eigenvalue weighted by Gasteiger charge is 2.12. The first-order valence-electron chi connectivity index (χ1n) is 5.98. The molecule has 1 heterocycles. The lowest BCUT2D eigenvalue weighted by Gasteiger charge is -2.07. The Hall–Kier alpha value is -2.32. The number of carbonyl (C=O) groups is 1. The summed E-state index contributed by atoms with van der Waals surface area (Å²) in [6.07, 6.45) is 0.387. The second-order valence-electron chi connectivity index (χ2n) is 4.20. The number of carbonyl (C=O) groups excluding carboxylic acids is 1. The minimum atomic E-state index is -2.03. The number of hydrogen-bond acceptors (Lipinski definition) is 5. The van der Waals surface area contributed by atoms with Crippen LogP contribution in [0.25, 0.3) is 0 Å². The summed E-state index contributed by atoms with van der Waals surface area (Å²) in [7, 11) is 0. The molecule has 0 radical (unpaired) electrons. The number of aromatic hydroxyl groups is 2. The summed E-state index contributed by atoms with van der Waals surface area (Å²) >= 11 is -2.03. The maximum Gasteiger partial charge on any atom is 0.333 e. The van der Waals surface area contributed by atoms with Crippen LogP contribution in [0, 0.1) is 0 Å². The molecule has 1 aromatic carbocycles. The lowest BCUT2D eigenvalue weighted by atomic mass is 10.1. The van der Waals surface area contributed by atoms with Crippen LogP contribution in [-0.2, 0) is 22.3 Å². The van der Waals surface area contributed by atoms with Gasteiger partial charge in [0.05, 0.1) is 11.3 Å². The minimum absolute atomic E-state index is 0.0264. The predicted octanol–water partition coefficient (Wildman–Crippen LogP) is 1.07.